The molecule has 0 radical (unpaired) electrons. The van der Waals surface area contributed by atoms with Crippen LogP contribution in [-0.4, -0.2) is 36.8 Å². The number of aromatic nitrogens is 1. The number of nitrogens with zero attached hydrogens (tertiary/aromatic N) is 2. The minimum absolute atomic E-state index is 0.0926. The molecule has 1 aromatic carbocycles. The normalized spacial score (nSPS) is 16.9. The molecule has 0 spiro atoms. The van der Waals surface area contributed by atoms with E-state index >= 15 is 0 Å². The molecule has 2 heterocycles. The third-order valence-electron chi connectivity index (χ3n) is 3.83. The molecule has 3 rings (SSSR count). The van der Waals surface area contributed by atoms with Crippen LogP contribution < -0.4 is 9.64 Å². The number of halogens is 1. The Morgan fingerprint density at radius 1 is 1.38 bits per heavy atom. The van der Waals surface area contributed by atoms with E-state index in [4.69, 9.17) is 21.1 Å². The minimum Gasteiger partial charge on any atom is -0.488 e. The van der Waals surface area contributed by atoms with E-state index in [1.54, 1.807) is 19.2 Å². The number of hydrogen-bond acceptors (Lipinski definition) is 5. The Hall–Kier alpha value is -2.27. The van der Waals surface area contributed by atoms with Gasteiger partial charge < -0.3 is 14.4 Å². The third kappa shape index (κ3) is 3.97. The second-order valence-corrected chi connectivity index (χ2v) is 5.99. The lowest BCUT2D eigenvalue weighted by Crippen LogP contribution is -2.25. The van der Waals surface area contributed by atoms with Crippen LogP contribution in [0, 0.1) is 0 Å². The third-order valence-corrected chi connectivity index (χ3v) is 4.06. The van der Waals surface area contributed by atoms with Gasteiger partial charge >= 0.3 is 5.97 Å². The smallest absolute Gasteiger partial charge is 0.339 e. The van der Waals surface area contributed by atoms with Crippen molar-refractivity contribution >= 4 is 23.4 Å². The van der Waals surface area contributed by atoms with Crippen molar-refractivity contribution in [1.82, 2.24) is 4.98 Å². The van der Waals surface area contributed by atoms with Crippen LogP contribution in [0.3, 0.4) is 0 Å². The molecule has 24 heavy (non-hydrogen) atoms. The molecule has 0 N–H and O–H groups in total. The Balaban J connectivity index is 1.60. The molecule has 0 saturated carbocycles. The van der Waals surface area contributed by atoms with E-state index in [0.717, 1.165) is 31.1 Å². The summed E-state index contributed by atoms with van der Waals surface area (Å²) in [4.78, 5) is 18.2. The van der Waals surface area contributed by atoms with E-state index < -0.39 is 0 Å². The number of esters is 1. The SMILES string of the molecule is CCOC(=O)c1ccc(N2CCC(Oc3cccc(Cl)c3)C2)nc1. The summed E-state index contributed by atoms with van der Waals surface area (Å²) in [6, 6.07) is 11.0. The van der Waals surface area contributed by atoms with Gasteiger partial charge in [-0.3, -0.25) is 0 Å². The summed E-state index contributed by atoms with van der Waals surface area (Å²) in [5.74, 6) is 1.26. The Bertz CT molecular complexity index is 706. The Morgan fingerprint density at radius 3 is 2.96 bits per heavy atom. The van der Waals surface area contributed by atoms with Gasteiger partial charge in [0.05, 0.1) is 18.7 Å². The lowest BCUT2D eigenvalue weighted by Gasteiger charge is -2.18. The number of carbonyl (C=O) groups excluding carboxylic acids is 1. The number of carbonyl (C=O) groups is 1. The fourth-order valence-corrected chi connectivity index (χ4v) is 2.85. The molecule has 1 aromatic heterocycles. The van der Waals surface area contributed by atoms with Crippen LogP contribution in [0.5, 0.6) is 5.75 Å². The molecule has 0 aliphatic carbocycles. The quantitative estimate of drug-likeness (QED) is 0.775. The van der Waals surface area contributed by atoms with Gasteiger partial charge in [-0.25, -0.2) is 9.78 Å². The molecule has 1 atom stereocenters. The van der Waals surface area contributed by atoms with Crippen molar-refractivity contribution in [3.05, 3.63) is 53.2 Å². The maximum atomic E-state index is 11.7. The van der Waals surface area contributed by atoms with Crippen LogP contribution in [0.15, 0.2) is 42.6 Å². The van der Waals surface area contributed by atoms with Gasteiger partial charge in [0.1, 0.15) is 17.7 Å². The predicted molar refractivity (Wildman–Crippen MR) is 92.9 cm³/mol. The molecular formula is C18H19ClN2O3. The molecule has 1 aliphatic rings. The zero-order chi connectivity index (χ0) is 16.9. The van der Waals surface area contributed by atoms with Gasteiger partial charge in [-0.1, -0.05) is 17.7 Å². The highest BCUT2D eigenvalue weighted by molar-refractivity contribution is 6.30. The molecule has 126 valence electrons. The van der Waals surface area contributed by atoms with Crippen LogP contribution in [0.2, 0.25) is 5.02 Å². The number of ether oxygens (including phenoxy) is 2. The highest BCUT2D eigenvalue weighted by Gasteiger charge is 2.25. The lowest BCUT2D eigenvalue weighted by atomic mass is 10.3. The zero-order valence-corrected chi connectivity index (χ0v) is 14.2. The molecule has 1 fully saturated rings. The number of benzene rings is 1. The average Bonchev–Trinajstić information content (AvgIpc) is 3.04. The average molecular weight is 347 g/mol. The molecule has 1 unspecified atom stereocenters. The molecule has 0 amide bonds. The van der Waals surface area contributed by atoms with Gasteiger partial charge in [0.15, 0.2) is 0 Å². The van der Waals surface area contributed by atoms with E-state index in [2.05, 4.69) is 9.88 Å². The van der Waals surface area contributed by atoms with Crippen molar-refractivity contribution < 1.29 is 14.3 Å². The predicted octanol–water partition coefficient (Wildman–Crippen LogP) is 3.57. The number of pyridine rings is 1. The van der Waals surface area contributed by atoms with Gasteiger partial charge in [0, 0.05) is 24.2 Å². The zero-order valence-electron chi connectivity index (χ0n) is 13.4. The van der Waals surface area contributed by atoms with Crippen LogP contribution in [0.1, 0.15) is 23.7 Å². The van der Waals surface area contributed by atoms with E-state index in [1.807, 2.05) is 30.3 Å². The van der Waals surface area contributed by atoms with E-state index in [0.29, 0.717) is 17.2 Å². The number of anilines is 1. The topological polar surface area (TPSA) is 51.7 Å². The van der Waals surface area contributed by atoms with E-state index in [-0.39, 0.29) is 12.1 Å². The fourth-order valence-electron chi connectivity index (χ4n) is 2.67. The van der Waals surface area contributed by atoms with Gasteiger partial charge in [-0.2, -0.15) is 0 Å². The molecule has 0 bridgehead atoms. The van der Waals surface area contributed by atoms with Crippen molar-refractivity contribution in [2.75, 3.05) is 24.6 Å². The van der Waals surface area contributed by atoms with Crippen molar-refractivity contribution in [1.29, 1.82) is 0 Å². The van der Waals surface area contributed by atoms with Gasteiger partial charge in [0.2, 0.25) is 0 Å². The largest absolute Gasteiger partial charge is 0.488 e. The van der Waals surface area contributed by atoms with Crippen molar-refractivity contribution in [3.63, 3.8) is 0 Å². The molecule has 5 nitrogen and oxygen atoms in total. The second kappa shape index (κ2) is 7.53. The molecule has 2 aromatic rings. The first-order chi connectivity index (χ1) is 11.7. The fraction of sp³-hybridized carbons (Fsp3) is 0.333. The van der Waals surface area contributed by atoms with Gasteiger partial charge in [-0.15, -0.1) is 0 Å². The first-order valence-corrected chi connectivity index (χ1v) is 8.34. The monoisotopic (exact) mass is 346 g/mol. The first-order valence-electron chi connectivity index (χ1n) is 7.96. The summed E-state index contributed by atoms with van der Waals surface area (Å²) in [5, 5.41) is 0.665. The van der Waals surface area contributed by atoms with E-state index in [1.165, 1.54) is 0 Å². The Labute approximate surface area is 146 Å². The van der Waals surface area contributed by atoms with E-state index in [9.17, 15) is 4.79 Å². The highest BCUT2D eigenvalue weighted by Crippen LogP contribution is 2.24. The number of rotatable bonds is 5. The standard InChI is InChI=1S/C18H19ClN2O3/c1-2-23-18(22)13-6-7-17(20-11-13)21-9-8-16(12-21)24-15-5-3-4-14(19)10-15/h3-7,10-11,16H,2,8-9,12H2,1H3. The Morgan fingerprint density at radius 2 is 2.25 bits per heavy atom. The lowest BCUT2D eigenvalue weighted by molar-refractivity contribution is 0.0526. The molecule has 6 heteroatoms. The first kappa shape index (κ1) is 16.6. The van der Waals surface area contributed by atoms with Crippen LogP contribution in [0.4, 0.5) is 5.82 Å². The van der Waals surface area contributed by atoms with Gasteiger partial charge in [0.25, 0.3) is 0 Å². The van der Waals surface area contributed by atoms with Crippen molar-refractivity contribution in [2.24, 2.45) is 0 Å². The summed E-state index contributed by atoms with van der Waals surface area (Å²) in [6.07, 6.45) is 2.56. The second-order valence-electron chi connectivity index (χ2n) is 5.56. The summed E-state index contributed by atoms with van der Waals surface area (Å²) >= 11 is 5.98. The Kier molecular flexibility index (Phi) is 5.20. The molecular weight excluding hydrogens is 328 g/mol. The van der Waals surface area contributed by atoms with Crippen LogP contribution >= 0.6 is 11.6 Å². The highest BCUT2D eigenvalue weighted by atomic mass is 35.5. The summed E-state index contributed by atoms with van der Waals surface area (Å²) in [7, 11) is 0. The van der Waals surface area contributed by atoms with Crippen LogP contribution in [-0.2, 0) is 4.74 Å². The maximum Gasteiger partial charge on any atom is 0.339 e. The van der Waals surface area contributed by atoms with Crippen LogP contribution in [0.25, 0.3) is 0 Å². The summed E-state index contributed by atoms with van der Waals surface area (Å²) < 4.78 is 10.9. The van der Waals surface area contributed by atoms with Crippen molar-refractivity contribution in [2.45, 2.75) is 19.4 Å². The minimum atomic E-state index is -0.347. The maximum absolute atomic E-state index is 11.7. The molecule has 1 aliphatic heterocycles. The summed E-state index contributed by atoms with van der Waals surface area (Å²) in [5.41, 5.74) is 0.464. The summed E-state index contributed by atoms with van der Waals surface area (Å²) in [6.45, 7) is 3.74. The van der Waals surface area contributed by atoms with Crippen molar-refractivity contribution in [3.8, 4) is 5.75 Å². The van der Waals surface area contributed by atoms with Gasteiger partial charge in [-0.05, 0) is 37.3 Å². The number of hydrogen-bond donors (Lipinski definition) is 0. The molecule has 1 saturated heterocycles.